The highest BCUT2D eigenvalue weighted by Gasteiger charge is 2.35. The van der Waals surface area contributed by atoms with Crippen molar-refractivity contribution >= 4 is 24.8 Å². The molecule has 0 spiro atoms. The van der Waals surface area contributed by atoms with E-state index in [9.17, 15) is 0 Å². The number of rotatable bonds is 0. The molecule has 2 aliphatic rings. The molecule has 2 bridgehead atoms. The molecule has 2 nitrogen and oxygen atoms in total. The molecule has 74 valence electrons. The number of halogens is 2. The highest BCUT2D eigenvalue weighted by molar-refractivity contribution is 5.85. The average Bonchev–Trinajstić information content (AvgIpc) is 2.07. The second-order valence-corrected chi connectivity index (χ2v) is 3.93. The first-order valence-electron chi connectivity index (χ1n) is 4.21. The maximum absolute atomic E-state index is 5.89. The number of likely N-dealkylation sites (tertiary alicyclic amines) is 1. The molecule has 3 atom stereocenters. The van der Waals surface area contributed by atoms with Crippen LogP contribution in [0.4, 0.5) is 0 Å². The molecule has 0 aromatic carbocycles. The van der Waals surface area contributed by atoms with E-state index in [0.29, 0.717) is 6.04 Å². The summed E-state index contributed by atoms with van der Waals surface area (Å²) in [5.74, 6) is 0.916. The summed E-state index contributed by atoms with van der Waals surface area (Å²) < 4.78 is 0. The molecule has 4 heteroatoms. The highest BCUT2D eigenvalue weighted by Crippen LogP contribution is 2.33. The summed E-state index contributed by atoms with van der Waals surface area (Å²) in [6, 6.07) is 1.31. The van der Waals surface area contributed by atoms with Crippen LogP contribution < -0.4 is 5.73 Å². The molecule has 0 radical (unpaired) electrons. The number of fused-ring (bicyclic) bond motifs is 2. The zero-order valence-corrected chi connectivity index (χ0v) is 9.03. The van der Waals surface area contributed by atoms with Crippen molar-refractivity contribution in [3.63, 3.8) is 0 Å². The largest absolute Gasteiger partial charge is 0.328 e. The smallest absolute Gasteiger partial charge is 0.0110 e. The van der Waals surface area contributed by atoms with Crippen LogP contribution in [0.15, 0.2) is 0 Å². The summed E-state index contributed by atoms with van der Waals surface area (Å²) >= 11 is 0. The number of nitrogens with zero attached hydrogens (tertiary/aromatic N) is 1. The Hall–Kier alpha value is 0.500. The van der Waals surface area contributed by atoms with Crippen molar-refractivity contribution < 1.29 is 0 Å². The molecule has 0 aromatic rings. The van der Waals surface area contributed by atoms with Crippen molar-refractivity contribution in [2.45, 2.75) is 31.3 Å². The van der Waals surface area contributed by atoms with Gasteiger partial charge in [-0.2, -0.15) is 0 Å². The Morgan fingerprint density at radius 3 is 2.42 bits per heavy atom. The van der Waals surface area contributed by atoms with Gasteiger partial charge in [0.1, 0.15) is 0 Å². The van der Waals surface area contributed by atoms with E-state index >= 15 is 0 Å². The van der Waals surface area contributed by atoms with Crippen molar-refractivity contribution in [1.82, 2.24) is 4.90 Å². The molecule has 2 N–H and O–H groups in total. The molecule has 2 rings (SSSR count). The first-order chi connectivity index (χ1) is 4.75. The van der Waals surface area contributed by atoms with Crippen LogP contribution in [-0.2, 0) is 0 Å². The molecule has 2 fully saturated rings. The van der Waals surface area contributed by atoms with E-state index in [1.807, 2.05) is 0 Å². The fraction of sp³-hybridized carbons (Fsp3) is 1.00. The van der Waals surface area contributed by atoms with E-state index in [0.717, 1.165) is 12.0 Å². The van der Waals surface area contributed by atoms with E-state index in [-0.39, 0.29) is 24.8 Å². The second-order valence-electron chi connectivity index (χ2n) is 3.93. The van der Waals surface area contributed by atoms with Crippen LogP contribution in [0.5, 0.6) is 0 Å². The fourth-order valence-electron chi connectivity index (χ4n) is 2.52. The van der Waals surface area contributed by atoms with E-state index < -0.39 is 0 Å². The van der Waals surface area contributed by atoms with Gasteiger partial charge in [-0.15, -0.1) is 24.8 Å². The molecule has 1 saturated carbocycles. The Kier molecular flexibility index (Phi) is 4.85. The minimum absolute atomic E-state index is 0. The van der Waals surface area contributed by atoms with Gasteiger partial charge >= 0.3 is 0 Å². The van der Waals surface area contributed by atoms with Crippen molar-refractivity contribution in [2.24, 2.45) is 11.7 Å². The van der Waals surface area contributed by atoms with Gasteiger partial charge in [0.15, 0.2) is 0 Å². The molecule has 1 aliphatic heterocycles. The van der Waals surface area contributed by atoms with Crippen LogP contribution in [0.1, 0.15) is 19.3 Å². The topological polar surface area (TPSA) is 29.3 Å². The number of hydrogen-bond acceptors (Lipinski definition) is 2. The minimum Gasteiger partial charge on any atom is -0.328 e. The summed E-state index contributed by atoms with van der Waals surface area (Å²) in [4.78, 5) is 2.47. The van der Waals surface area contributed by atoms with E-state index in [1.165, 1.54) is 25.8 Å². The zero-order chi connectivity index (χ0) is 7.14. The van der Waals surface area contributed by atoms with E-state index in [1.54, 1.807) is 0 Å². The van der Waals surface area contributed by atoms with Crippen LogP contribution in [0, 0.1) is 5.92 Å². The summed E-state index contributed by atoms with van der Waals surface area (Å²) in [7, 11) is 2.22. The van der Waals surface area contributed by atoms with Gasteiger partial charge in [0.05, 0.1) is 0 Å². The van der Waals surface area contributed by atoms with Gasteiger partial charge in [0.2, 0.25) is 0 Å². The van der Waals surface area contributed by atoms with E-state index in [4.69, 9.17) is 5.73 Å². The molecule has 1 heterocycles. The summed E-state index contributed by atoms with van der Waals surface area (Å²) in [5.41, 5.74) is 5.89. The second kappa shape index (κ2) is 4.66. The van der Waals surface area contributed by atoms with Crippen LogP contribution in [0.25, 0.3) is 0 Å². The van der Waals surface area contributed by atoms with Gasteiger partial charge in [-0.1, -0.05) is 0 Å². The third-order valence-corrected chi connectivity index (χ3v) is 2.99. The van der Waals surface area contributed by atoms with Crippen LogP contribution >= 0.6 is 24.8 Å². The van der Waals surface area contributed by atoms with Gasteiger partial charge in [-0.25, -0.2) is 0 Å². The van der Waals surface area contributed by atoms with Crippen LogP contribution in [0.3, 0.4) is 0 Å². The predicted molar refractivity (Wildman–Crippen MR) is 56.2 cm³/mol. The maximum Gasteiger partial charge on any atom is 0.0110 e. The van der Waals surface area contributed by atoms with Crippen molar-refractivity contribution in [3.05, 3.63) is 0 Å². The lowest BCUT2D eigenvalue weighted by Crippen LogP contribution is -2.34. The normalized spacial score (nSPS) is 40.0. The average molecular weight is 213 g/mol. The zero-order valence-electron chi connectivity index (χ0n) is 7.40. The first-order valence-corrected chi connectivity index (χ1v) is 4.21. The van der Waals surface area contributed by atoms with Crippen LogP contribution in [0.2, 0.25) is 0 Å². The Morgan fingerprint density at radius 2 is 1.83 bits per heavy atom. The molecular weight excluding hydrogens is 195 g/mol. The predicted octanol–water partition coefficient (Wildman–Crippen LogP) is 1.27. The molecule has 0 amide bonds. The summed E-state index contributed by atoms with van der Waals surface area (Å²) in [6.45, 7) is 1.29. The molecule has 12 heavy (non-hydrogen) atoms. The Morgan fingerprint density at radius 1 is 1.17 bits per heavy atom. The third kappa shape index (κ3) is 2.25. The number of nitrogens with two attached hydrogens (primary N) is 1. The van der Waals surface area contributed by atoms with Crippen molar-refractivity contribution in [2.75, 3.05) is 13.6 Å². The molecule has 0 aromatic heterocycles. The Labute approximate surface area is 86.7 Å². The van der Waals surface area contributed by atoms with Gasteiger partial charge in [-0.3, -0.25) is 0 Å². The lowest BCUT2D eigenvalue weighted by Gasteiger charge is -2.25. The molecule has 0 unspecified atom stereocenters. The number of hydrogen-bond donors (Lipinski definition) is 1. The quantitative estimate of drug-likeness (QED) is 0.656. The lowest BCUT2D eigenvalue weighted by molar-refractivity contribution is 0.281. The van der Waals surface area contributed by atoms with Gasteiger partial charge in [-0.05, 0) is 32.2 Å². The maximum atomic E-state index is 5.89. The SMILES string of the molecule is CN1C[C@@H]2C[C@@H](N)C[C@H]1C2.Cl.Cl. The van der Waals surface area contributed by atoms with Gasteiger partial charge in [0.25, 0.3) is 0 Å². The van der Waals surface area contributed by atoms with Crippen LogP contribution in [-0.4, -0.2) is 30.6 Å². The summed E-state index contributed by atoms with van der Waals surface area (Å²) in [6.07, 6.45) is 3.90. The lowest BCUT2D eigenvalue weighted by atomic mass is 9.87. The third-order valence-electron chi connectivity index (χ3n) is 2.99. The minimum atomic E-state index is 0. The van der Waals surface area contributed by atoms with E-state index in [2.05, 4.69) is 11.9 Å². The summed E-state index contributed by atoms with van der Waals surface area (Å²) in [5, 5.41) is 0. The Bertz CT molecular complexity index is 138. The fourth-order valence-corrected chi connectivity index (χ4v) is 2.52. The standard InChI is InChI=1S/C8H16N2.2ClH/c1-10-5-6-2-7(9)4-8(10)3-6;;/h6-8H,2-5,9H2,1H3;2*1H/t6-,7-,8-;;/m1../s1. The molecular formula is C8H18Cl2N2. The van der Waals surface area contributed by atoms with Crippen molar-refractivity contribution in [3.8, 4) is 0 Å². The van der Waals surface area contributed by atoms with Gasteiger partial charge in [0, 0.05) is 18.6 Å². The molecule has 1 saturated heterocycles. The first kappa shape index (κ1) is 12.5. The highest BCUT2D eigenvalue weighted by atomic mass is 35.5. The monoisotopic (exact) mass is 212 g/mol. The molecule has 1 aliphatic carbocycles. The Balaban J connectivity index is 0.000000605. The van der Waals surface area contributed by atoms with Gasteiger partial charge < -0.3 is 10.6 Å². The van der Waals surface area contributed by atoms with Crippen molar-refractivity contribution in [1.29, 1.82) is 0 Å².